The molecule has 0 amide bonds. The number of thioether (sulfide) groups is 1. The van der Waals surface area contributed by atoms with Crippen molar-refractivity contribution in [3.8, 4) is 5.75 Å². The van der Waals surface area contributed by atoms with E-state index in [0.29, 0.717) is 6.54 Å². The van der Waals surface area contributed by atoms with Gasteiger partial charge in [-0.25, -0.2) is 5.01 Å². The number of allylic oxidation sites excluding steroid dienone is 1. The summed E-state index contributed by atoms with van der Waals surface area (Å²) in [6.45, 7) is 5.03. The molecule has 2 aliphatic rings. The Bertz CT molecular complexity index is 743. The fourth-order valence-corrected chi connectivity index (χ4v) is 5.68. The lowest BCUT2D eigenvalue weighted by Gasteiger charge is -2.31. The van der Waals surface area contributed by atoms with E-state index in [0.717, 1.165) is 41.7 Å². The van der Waals surface area contributed by atoms with Crippen molar-refractivity contribution in [2.45, 2.75) is 44.9 Å². The van der Waals surface area contributed by atoms with E-state index in [1.165, 1.54) is 4.91 Å². The number of carboxylic acids is 1. The van der Waals surface area contributed by atoms with Gasteiger partial charge in [0.25, 0.3) is 0 Å². The minimum absolute atomic E-state index is 0.128. The third kappa shape index (κ3) is 3.77. The molecule has 5 nitrogen and oxygen atoms in total. The first kappa shape index (κ1) is 19.3. The monoisotopic (exact) mass is 376 g/mol. The molecule has 0 fully saturated rings. The van der Waals surface area contributed by atoms with Crippen LogP contribution >= 0.6 is 11.8 Å². The van der Waals surface area contributed by atoms with Crippen molar-refractivity contribution in [3.63, 3.8) is 0 Å². The molecule has 6 heteroatoms. The molecular weight excluding hydrogens is 348 g/mol. The summed E-state index contributed by atoms with van der Waals surface area (Å²) >= 11 is 1.73. The highest BCUT2D eigenvalue weighted by atomic mass is 32.2. The van der Waals surface area contributed by atoms with Crippen LogP contribution in [-0.4, -0.2) is 30.2 Å². The van der Waals surface area contributed by atoms with Gasteiger partial charge in [0, 0.05) is 13.6 Å². The first-order valence-corrected chi connectivity index (χ1v) is 9.84. The van der Waals surface area contributed by atoms with E-state index >= 15 is 0 Å². The minimum atomic E-state index is -0.736. The molecule has 1 aliphatic carbocycles. The zero-order chi connectivity index (χ0) is 19.1. The summed E-state index contributed by atoms with van der Waals surface area (Å²) in [6.07, 6.45) is 2.94. The highest BCUT2D eigenvalue weighted by Crippen LogP contribution is 2.59. The largest absolute Gasteiger partial charge is 0.497 e. The van der Waals surface area contributed by atoms with Gasteiger partial charge in [-0.05, 0) is 58.4 Å². The maximum absolute atomic E-state index is 12.2. The molecule has 0 saturated carbocycles. The molecule has 3 N–H and O–H groups in total. The molecule has 1 aromatic carbocycles. The average Bonchev–Trinajstić information content (AvgIpc) is 2.92. The number of benzene rings is 1. The van der Waals surface area contributed by atoms with Gasteiger partial charge in [-0.1, -0.05) is 19.9 Å². The first-order valence-electron chi connectivity index (χ1n) is 8.96. The average molecular weight is 377 g/mol. The highest BCUT2D eigenvalue weighted by Gasteiger charge is 2.45. The Balaban J connectivity index is 2.03. The van der Waals surface area contributed by atoms with Crippen LogP contribution in [0.1, 0.15) is 49.5 Å². The summed E-state index contributed by atoms with van der Waals surface area (Å²) in [5.41, 5.74) is 3.36. The lowest BCUT2D eigenvalue weighted by molar-refractivity contribution is -0.140. The Labute approximate surface area is 159 Å². The van der Waals surface area contributed by atoms with Gasteiger partial charge in [0.2, 0.25) is 0 Å². The number of methoxy groups -OCH3 is 1. The van der Waals surface area contributed by atoms with E-state index in [1.54, 1.807) is 23.9 Å². The van der Waals surface area contributed by atoms with Gasteiger partial charge in [0.1, 0.15) is 5.75 Å². The van der Waals surface area contributed by atoms with Crippen molar-refractivity contribution in [2.24, 2.45) is 17.2 Å². The lowest BCUT2D eigenvalue weighted by atomic mass is 9.73. The van der Waals surface area contributed by atoms with Gasteiger partial charge >= 0.3 is 5.97 Å². The molecule has 2 atom stereocenters. The third-order valence-corrected chi connectivity index (χ3v) is 6.88. The molecule has 0 aromatic heterocycles. The Morgan fingerprint density at radius 2 is 2.19 bits per heavy atom. The summed E-state index contributed by atoms with van der Waals surface area (Å²) in [5, 5.41) is 11.5. The zero-order valence-corrected chi connectivity index (χ0v) is 16.7. The van der Waals surface area contributed by atoms with Crippen LogP contribution in [0.3, 0.4) is 0 Å². The maximum Gasteiger partial charge on any atom is 0.312 e. The topological polar surface area (TPSA) is 75.8 Å². The molecule has 0 spiro atoms. The van der Waals surface area contributed by atoms with Crippen molar-refractivity contribution < 1.29 is 14.6 Å². The summed E-state index contributed by atoms with van der Waals surface area (Å²) in [5.74, 6) is 5.41. The molecule has 0 bridgehead atoms. The molecule has 1 aromatic rings. The quantitative estimate of drug-likeness (QED) is 0.598. The van der Waals surface area contributed by atoms with Crippen molar-refractivity contribution in [2.75, 3.05) is 14.2 Å². The summed E-state index contributed by atoms with van der Waals surface area (Å²) in [6, 6.07) is 5.89. The van der Waals surface area contributed by atoms with Crippen LogP contribution in [0, 0.1) is 11.3 Å². The number of carboxylic acid groups (broad SMARTS) is 1. The van der Waals surface area contributed by atoms with Gasteiger partial charge in [-0.15, -0.1) is 11.8 Å². The molecule has 3 rings (SSSR count). The van der Waals surface area contributed by atoms with Gasteiger partial charge < -0.3 is 9.84 Å². The SMILES string of the molecule is COc1ccc(CN(C)N)c(C2SC3=C(CC(C)(C)CC3)C2C(=O)O)c1. The number of hydrazine groups is 1. The number of rotatable bonds is 5. The van der Waals surface area contributed by atoms with Crippen LogP contribution < -0.4 is 10.6 Å². The summed E-state index contributed by atoms with van der Waals surface area (Å²) in [7, 11) is 3.45. The van der Waals surface area contributed by atoms with Crippen molar-refractivity contribution in [1.82, 2.24) is 5.01 Å². The zero-order valence-electron chi connectivity index (χ0n) is 15.9. The predicted molar refractivity (Wildman–Crippen MR) is 105 cm³/mol. The molecule has 1 aliphatic heterocycles. The summed E-state index contributed by atoms with van der Waals surface area (Å²) < 4.78 is 5.41. The van der Waals surface area contributed by atoms with Gasteiger partial charge in [-0.3, -0.25) is 10.6 Å². The Morgan fingerprint density at radius 1 is 1.46 bits per heavy atom. The number of hydrogen-bond donors (Lipinski definition) is 2. The number of aliphatic carboxylic acids is 1. The van der Waals surface area contributed by atoms with E-state index in [9.17, 15) is 9.90 Å². The molecule has 142 valence electrons. The van der Waals surface area contributed by atoms with E-state index < -0.39 is 11.9 Å². The second-order valence-corrected chi connectivity index (χ2v) is 9.36. The van der Waals surface area contributed by atoms with E-state index in [1.807, 2.05) is 25.2 Å². The standard InChI is InChI=1S/C20H28N2O3S/c1-20(2)8-7-16-15(10-20)17(19(23)24)18(26-16)14-9-13(25-4)6-5-12(14)11-22(3)21/h5-6,9,17-18H,7-8,10-11,21H2,1-4H3,(H,23,24). The van der Waals surface area contributed by atoms with Gasteiger partial charge in [-0.2, -0.15) is 0 Å². The minimum Gasteiger partial charge on any atom is -0.497 e. The number of ether oxygens (including phenoxy) is 1. The van der Waals surface area contributed by atoms with Crippen LogP contribution in [-0.2, 0) is 11.3 Å². The molecule has 1 heterocycles. The van der Waals surface area contributed by atoms with Crippen molar-refractivity contribution in [3.05, 3.63) is 39.8 Å². The van der Waals surface area contributed by atoms with Gasteiger partial charge in [0.05, 0.1) is 18.3 Å². The number of carbonyl (C=O) groups is 1. The first-order chi connectivity index (χ1) is 12.2. The van der Waals surface area contributed by atoms with Crippen LogP contribution in [0.4, 0.5) is 0 Å². The van der Waals surface area contributed by atoms with E-state index in [-0.39, 0.29) is 10.7 Å². The highest BCUT2D eigenvalue weighted by molar-refractivity contribution is 8.03. The van der Waals surface area contributed by atoms with E-state index in [4.69, 9.17) is 10.6 Å². The molecule has 0 saturated heterocycles. The maximum atomic E-state index is 12.2. The Kier molecular flexibility index (Phi) is 5.37. The fraction of sp³-hybridized carbons (Fsp3) is 0.550. The fourth-order valence-electron chi connectivity index (χ4n) is 4.04. The second-order valence-electron chi connectivity index (χ2n) is 8.12. The van der Waals surface area contributed by atoms with Crippen molar-refractivity contribution >= 4 is 17.7 Å². The van der Waals surface area contributed by atoms with Gasteiger partial charge in [0.15, 0.2) is 0 Å². The van der Waals surface area contributed by atoms with Crippen LogP contribution in [0.5, 0.6) is 5.75 Å². The third-order valence-electron chi connectivity index (χ3n) is 5.35. The van der Waals surface area contributed by atoms with E-state index in [2.05, 4.69) is 13.8 Å². The second kappa shape index (κ2) is 7.25. The van der Waals surface area contributed by atoms with Crippen LogP contribution in [0.2, 0.25) is 0 Å². The normalized spacial score (nSPS) is 24.7. The Morgan fingerprint density at radius 3 is 2.81 bits per heavy atom. The lowest BCUT2D eigenvalue weighted by Crippen LogP contribution is -2.27. The molecule has 26 heavy (non-hydrogen) atoms. The number of hydrogen-bond acceptors (Lipinski definition) is 5. The van der Waals surface area contributed by atoms with Crippen LogP contribution in [0.15, 0.2) is 28.7 Å². The molecule has 0 radical (unpaired) electrons. The Hall–Kier alpha value is -1.50. The molecular formula is C20H28N2O3S. The van der Waals surface area contributed by atoms with Crippen molar-refractivity contribution in [1.29, 1.82) is 0 Å². The predicted octanol–water partition coefficient (Wildman–Crippen LogP) is 3.95. The smallest absolute Gasteiger partial charge is 0.312 e. The summed E-state index contributed by atoms with van der Waals surface area (Å²) in [4.78, 5) is 13.5. The van der Waals surface area contributed by atoms with Crippen LogP contribution in [0.25, 0.3) is 0 Å². The molecule has 2 unspecified atom stereocenters. The number of nitrogens with two attached hydrogens (primary N) is 1. The number of nitrogens with zero attached hydrogens (tertiary/aromatic N) is 1.